The van der Waals surface area contributed by atoms with Gasteiger partial charge in [0.05, 0.1) is 0 Å². The van der Waals surface area contributed by atoms with Crippen LogP contribution in [0, 0.1) is 35.8 Å². The van der Waals surface area contributed by atoms with Crippen molar-refractivity contribution in [3.63, 3.8) is 0 Å². The summed E-state index contributed by atoms with van der Waals surface area (Å²) in [5, 5.41) is 0. The lowest BCUT2D eigenvalue weighted by molar-refractivity contribution is -0.132. The highest BCUT2D eigenvalue weighted by Gasteiger charge is 2.00. The van der Waals surface area contributed by atoms with Crippen LogP contribution in [0.3, 0.4) is 0 Å². The van der Waals surface area contributed by atoms with Gasteiger partial charge in [-0.3, -0.25) is 9.59 Å². The molecule has 0 aliphatic rings. The Balaban J connectivity index is 4.24. The van der Waals surface area contributed by atoms with Crippen molar-refractivity contribution in [1.29, 1.82) is 0 Å². The van der Waals surface area contributed by atoms with Gasteiger partial charge in [0.15, 0.2) is 0 Å². The van der Waals surface area contributed by atoms with Gasteiger partial charge in [0, 0.05) is 18.8 Å². The molecular weight excluding hydrogens is 159 g/mol. The molecule has 0 aromatic heterocycles. The number of hydrogen-bond acceptors (Lipinski definition) is 2. The van der Waals surface area contributed by atoms with E-state index in [1.807, 2.05) is 11.8 Å². The minimum Gasteiger partial charge on any atom is -0.290 e. The van der Waals surface area contributed by atoms with E-state index in [2.05, 4.69) is 11.8 Å². The molecule has 0 rings (SSSR count). The Hall–Kier alpha value is -2.05. The zero-order valence-corrected chi connectivity index (χ0v) is 6.19. The van der Waals surface area contributed by atoms with Gasteiger partial charge in [-0.1, -0.05) is 0 Å². The summed E-state index contributed by atoms with van der Waals surface area (Å²) in [4.78, 5) is 20.7. The Morgan fingerprint density at radius 2 is 1.67 bits per heavy atom. The van der Waals surface area contributed by atoms with Crippen LogP contribution in [0.1, 0.15) is 6.92 Å². The highest BCUT2D eigenvalue weighted by Crippen LogP contribution is 1.70. The van der Waals surface area contributed by atoms with E-state index in [4.69, 9.17) is 0 Å². The molecular formula is C9H3FO2. The van der Waals surface area contributed by atoms with Crippen LogP contribution in [0.2, 0.25) is 0 Å². The quantitative estimate of drug-likeness (QED) is 0.311. The molecule has 0 unspecified atom stereocenters. The Kier molecular flexibility index (Phi) is 4.74. The molecule has 0 amide bonds. The number of ketones is 2. The molecule has 0 saturated heterocycles. The molecule has 0 fully saturated rings. The summed E-state index contributed by atoms with van der Waals surface area (Å²) >= 11 is 0. The summed E-state index contributed by atoms with van der Waals surface area (Å²) in [6, 6.07) is 0. The highest BCUT2D eigenvalue weighted by molar-refractivity contribution is 6.43. The average Bonchev–Trinajstić information content (AvgIpc) is 2.03. The van der Waals surface area contributed by atoms with Gasteiger partial charge in [-0.05, 0) is 17.8 Å². The van der Waals surface area contributed by atoms with Crippen molar-refractivity contribution in [2.45, 2.75) is 6.92 Å². The van der Waals surface area contributed by atoms with E-state index in [1.54, 1.807) is 5.92 Å². The van der Waals surface area contributed by atoms with Gasteiger partial charge in [-0.2, -0.15) is 0 Å². The SMILES string of the molecule is CC(=O)C(=O)C#CC#CC#CF. The minimum atomic E-state index is -0.822. The maximum Gasteiger partial charge on any atom is 0.272 e. The Labute approximate surface area is 69.1 Å². The second-order valence-corrected chi connectivity index (χ2v) is 1.60. The van der Waals surface area contributed by atoms with E-state index in [0.29, 0.717) is 0 Å². The first-order valence-corrected chi connectivity index (χ1v) is 2.85. The summed E-state index contributed by atoms with van der Waals surface area (Å²) < 4.78 is 11.1. The highest BCUT2D eigenvalue weighted by atomic mass is 19.1. The molecule has 12 heavy (non-hydrogen) atoms. The van der Waals surface area contributed by atoms with Crippen LogP contribution in [-0.4, -0.2) is 11.6 Å². The van der Waals surface area contributed by atoms with Crippen molar-refractivity contribution in [1.82, 2.24) is 0 Å². The molecule has 0 heterocycles. The first kappa shape index (κ1) is 9.95. The molecule has 2 nitrogen and oxygen atoms in total. The lowest BCUT2D eigenvalue weighted by atomic mass is 10.3. The van der Waals surface area contributed by atoms with Gasteiger partial charge >= 0.3 is 0 Å². The van der Waals surface area contributed by atoms with Crippen molar-refractivity contribution < 1.29 is 14.0 Å². The van der Waals surface area contributed by atoms with Gasteiger partial charge in [0.2, 0.25) is 5.78 Å². The van der Waals surface area contributed by atoms with E-state index in [1.165, 1.54) is 0 Å². The van der Waals surface area contributed by atoms with Crippen LogP contribution in [0.15, 0.2) is 0 Å². The first-order valence-electron chi connectivity index (χ1n) is 2.85. The molecule has 0 bridgehead atoms. The molecule has 0 aliphatic carbocycles. The van der Waals surface area contributed by atoms with Crippen molar-refractivity contribution >= 4 is 11.6 Å². The van der Waals surface area contributed by atoms with Crippen LogP contribution >= 0.6 is 0 Å². The maximum absolute atomic E-state index is 11.1. The second kappa shape index (κ2) is 5.71. The van der Waals surface area contributed by atoms with Gasteiger partial charge in [-0.25, -0.2) is 0 Å². The number of carbonyl (C=O) groups is 2. The average molecular weight is 162 g/mol. The Morgan fingerprint density at radius 1 is 1.08 bits per heavy atom. The van der Waals surface area contributed by atoms with Crippen molar-refractivity contribution in [3.8, 4) is 35.8 Å². The van der Waals surface area contributed by atoms with Crippen molar-refractivity contribution in [3.05, 3.63) is 0 Å². The fourth-order valence-corrected chi connectivity index (χ4v) is 0.262. The van der Waals surface area contributed by atoms with Crippen molar-refractivity contribution in [2.75, 3.05) is 0 Å². The maximum atomic E-state index is 11.1. The number of hydrogen-bond donors (Lipinski definition) is 0. The largest absolute Gasteiger partial charge is 0.290 e. The Morgan fingerprint density at radius 3 is 2.17 bits per heavy atom. The fraction of sp³-hybridized carbons (Fsp3) is 0.111. The van der Waals surface area contributed by atoms with Gasteiger partial charge in [0.25, 0.3) is 5.78 Å². The number of carbonyl (C=O) groups excluding carboxylic acids is 2. The standard InChI is InChI=1S/C9H3FO2/c1-8(11)9(12)6-4-2-3-5-7-10/h1H3. The zero-order chi connectivity index (χ0) is 9.40. The number of Topliss-reactive ketones (excluding diaryl/α,β-unsaturated/α-hetero) is 2. The lowest BCUT2D eigenvalue weighted by Gasteiger charge is -1.74. The molecule has 0 radical (unpaired) electrons. The third-order valence-electron chi connectivity index (χ3n) is 0.731. The van der Waals surface area contributed by atoms with Crippen LogP contribution < -0.4 is 0 Å². The molecule has 0 aromatic carbocycles. The molecule has 0 N–H and O–H groups in total. The molecule has 0 saturated carbocycles. The summed E-state index contributed by atoms with van der Waals surface area (Å²) in [5.41, 5.74) is 0. The predicted molar refractivity (Wildman–Crippen MR) is 40.1 cm³/mol. The Bertz CT molecular complexity index is 374. The summed E-state index contributed by atoms with van der Waals surface area (Å²) in [6.07, 6.45) is 1.04. The van der Waals surface area contributed by atoms with E-state index in [0.717, 1.165) is 13.1 Å². The van der Waals surface area contributed by atoms with Gasteiger partial charge in [0.1, 0.15) is 6.17 Å². The molecule has 0 atom stereocenters. The monoisotopic (exact) mass is 162 g/mol. The van der Waals surface area contributed by atoms with E-state index < -0.39 is 11.6 Å². The number of halogens is 1. The van der Waals surface area contributed by atoms with E-state index >= 15 is 0 Å². The van der Waals surface area contributed by atoms with Gasteiger partial charge < -0.3 is 0 Å². The number of rotatable bonds is 1. The van der Waals surface area contributed by atoms with Crippen LogP contribution in [0.5, 0.6) is 0 Å². The molecule has 0 aromatic rings. The summed E-state index contributed by atoms with van der Waals surface area (Å²) in [5.74, 6) is 8.37. The van der Waals surface area contributed by atoms with Crippen LogP contribution in [0.4, 0.5) is 4.39 Å². The topological polar surface area (TPSA) is 34.1 Å². The summed E-state index contributed by atoms with van der Waals surface area (Å²) in [7, 11) is 0. The molecule has 0 aliphatic heterocycles. The first-order chi connectivity index (χ1) is 5.68. The lowest BCUT2D eigenvalue weighted by Crippen LogP contribution is -2.04. The smallest absolute Gasteiger partial charge is 0.272 e. The molecule has 3 heteroatoms. The van der Waals surface area contributed by atoms with Crippen LogP contribution in [-0.2, 0) is 9.59 Å². The zero-order valence-electron chi connectivity index (χ0n) is 6.19. The van der Waals surface area contributed by atoms with E-state index in [-0.39, 0.29) is 0 Å². The summed E-state index contributed by atoms with van der Waals surface area (Å²) in [6.45, 7) is 1.10. The fourth-order valence-electron chi connectivity index (χ4n) is 0.262. The van der Waals surface area contributed by atoms with E-state index in [9.17, 15) is 14.0 Å². The molecule has 58 valence electrons. The van der Waals surface area contributed by atoms with Crippen LogP contribution in [0.25, 0.3) is 0 Å². The third kappa shape index (κ3) is 4.79. The minimum absolute atomic E-state index is 0.652. The van der Waals surface area contributed by atoms with Gasteiger partial charge in [-0.15, -0.1) is 4.39 Å². The molecule has 0 spiro atoms. The predicted octanol–water partition coefficient (Wildman–Crippen LogP) is 0.0817. The second-order valence-electron chi connectivity index (χ2n) is 1.60. The third-order valence-corrected chi connectivity index (χ3v) is 0.731. The van der Waals surface area contributed by atoms with Crippen molar-refractivity contribution in [2.24, 2.45) is 0 Å². The normalized spacial score (nSPS) is 5.83.